The van der Waals surface area contributed by atoms with E-state index >= 15 is 0 Å². The summed E-state index contributed by atoms with van der Waals surface area (Å²) in [6.45, 7) is 4.63. The smallest absolute Gasteiger partial charge is 0.211 e. The Morgan fingerprint density at radius 2 is 1.84 bits per heavy atom. The van der Waals surface area contributed by atoms with Gasteiger partial charge in [0.15, 0.2) is 5.96 Å². The molecule has 0 unspecified atom stereocenters. The van der Waals surface area contributed by atoms with Gasteiger partial charge in [0.2, 0.25) is 10.0 Å². The molecule has 0 aromatic rings. The minimum atomic E-state index is -3.04. The lowest BCUT2D eigenvalue weighted by Crippen LogP contribution is -2.44. The molecular weight excluding hydrogens is 455 g/mol. The highest BCUT2D eigenvalue weighted by Gasteiger charge is 2.24. The van der Waals surface area contributed by atoms with Crippen molar-refractivity contribution >= 4 is 40.0 Å². The second-order valence-electron chi connectivity index (χ2n) is 6.86. The summed E-state index contributed by atoms with van der Waals surface area (Å²) in [4.78, 5) is 4.23. The second kappa shape index (κ2) is 11.6. The van der Waals surface area contributed by atoms with Crippen molar-refractivity contribution in [3.63, 3.8) is 0 Å². The van der Waals surface area contributed by atoms with Crippen molar-refractivity contribution in [2.45, 2.75) is 32.1 Å². The van der Waals surface area contributed by atoms with Crippen LogP contribution >= 0.6 is 24.0 Å². The van der Waals surface area contributed by atoms with Crippen LogP contribution in [0, 0.1) is 11.8 Å². The van der Waals surface area contributed by atoms with Gasteiger partial charge in [0.1, 0.15) is 0 Å². The molecule has 148 valence electrons. The van der Waals surface area contributed by atoms with E-state index in [2.05, 4.69) is 15.6 Å². The maximum Gasteiger partial charge on any atom is 0.211 e. The Morgan fingerprint density at radius 1 is 1.16 bits per heavy atom. The molecule has 0 radical (unpaired) electrons. The zero-order valence-corrected chi connectivity index (χ0v) is 18.5. The molecule has 1 heterocycles. The molecule has 1 aliphatic carbocycles. The van der Waals surface area contributed by atoms with E-state index in [0.717, 1.165) is 57.4 Å². The van der Waals surface area contributed by atoms with Crippen molar-refractivity contribution in [2.24, 2.45) is 16.8 Å². The second-order valence-corrected chi connectivity index (χ2v) is 8.84. The van der Waals surface area contributed by atoms with Gasteiger partial charge in [-0.15, -0.1) is 24.0 Å². The fraction of sp³-hybridized carbons (Fsp3) is 0.938. The number of hydrogen-bond donors (Lipinski definition) is 2. The molecule has 0 bridgehead atoms. The van der Waals surface area contributed by atoms with Crippen molar-refractivity contribution in [3.8, 4) is 0 Å². The van der Waals surface area contributed by atoms with Gasteiger partial charge in [-0.2, -0.15) is 0 Å². The Labute approximate surface area is 169 Å². The van der Waals surface area contributed by atoms with Gasteiger partial charge in [0.25, 0.3) is 0 Å². The summed E-state index contributed by atoms with van der Waals surface area (Å²) in [7, 11) is -1.27. The lowest BCUT2D eigenvalue weighted by atomic mass is 9.98. The molecule has 1 saturated carbocycles. The Morgan fingerprint density at radius 3 is 2.40 bits per heavy atom. The molecule has 2 aliphatic rings. The predicted octanol–water partition coefficient (Wildman–Crippen LogP) is 1.26. The van der Waals surface area contributed by atoms with E-state index in [1.165, 1.54) is 19.1 Å². The standard InChI is InChI=1S/C16H32N4O3S.HI/c1-17-16(18-8-3-11-23-13-15-4-5-15)19-12-14-6-9-20(10-7-14)24(2,21)22;/h14-15H,3-13H2,1-2H3,(H2,17,18,19);1H. The van der Waals surface area contributed by atoms with E-state index in [-0.39, 0.29) is 24.0 Å². The summed E-state index contributed by atoms with van der Waals surface area (Å²) in [5.41, 5.74) is 0. The number of aliphatic imine (C=N–C) groups is 1. The molecule has 7 nitrogen and oxygen atoms in total. The molecule has 9 heteroatoms. The number of sulfonamides is 1. The lowest BCUT2D eigenvalue weighted by Gasteiger charge is -2.30. The van der Waals surface area contributed by atoms with Gasteiger partial charge in [0.05, 0.1) is 6.26 Å². The zero-order chi connectivity index (χ0) is 17.4. The number of ether oxygens (including phenoxy) is 1. The van der Waals surface area contributed by atoms with Crippen LogP contribution in [0.2, 0.25) is 0 Å². The van der Waals surface area contributed by atoms with E-state index in [1.54, 1.807) is 11.4 Å². The first kappa shape index (κ1) is 22.9. The Balaban J connectivity index is 0.00000312. The molecule has 0 amide bonds. The fourth-order valence-corrected chi connectivity index (χ4v) is 3.70. The summed E-state index contributed by atoms with van der Waals surface area (Å²) in [5, 5.41) is 6.64. The Bertz CT molecular complexity index is 504. The van der Waals surface area contributed by atoms with Crippen LogP contribution in [0.1, 0.15) is 32.1 Å². The summed E-state index contributed by atoms with van der Waals surface area (Å²) in [5.74, 6) is 2.12. The molecule has 1 aliphatic heterocycles. The molecular formula is C16H33IN4O3S. The molecule has 2 fully saturated rings. The van der Waals surface area contributed by atoms with Crippen LogP contribution < -0.4 is 10.6 Å². The molecule has 1 saturated heterocycles. The number of rotatable bonds is 9. The van der Waals surface area contributed by atoms with E-state index in [0.29, 0.717) is 19.0 Å². The first-order valence-electron chi connectivity index (χ1n) is 8.96. The minimum Gasteiger partial charge on any atom is -0.381 e. The summed E-state index contributed by atoms with van der Waals surface area (Å²) < 4.78 is 30.2. The summed E-state index contributed by atoms with van der Waals surface area (Å²) in [6.07, 6.45) is 6.71. The highest BCUT2D eigenvalue weighted by molar-refractivity contribution is 14.0. The van der Waals surface area contributed by atoms with Crippen molar-refractivity contribution in [1.82, 2.24) is 14.9 Å². The van der Waals surface area contributed by atoms with Crippen LogP contribution in [0.25, 0.3) is 0 Å². The van der Waals surface area contributed by atoms with Crippen molar-refractivity contribution in [2.75, 3.05) is 52.7 Å². The van der Waals surface area contributed by atoms with Crippen LogP contribution in [-0.4, -0.2) is 71.4 Å². The van der Waals surface area contributed by atoms with E-state index in [4.69, 9.17) is 4.74 Å². The first-order valence-corrected chi connectivity index (χ1v) is 10.8. The highest BCUT2D eigenvalue weighted by Crippen LogP contribution is 2.28. The number of halogens is 1. The van der Waals surface area contributed by atoms with Crippen LogP contribution in [0.5, 0.6) is 0 Å². The highest BCUT2D eigenvalue weighted by atomic mass is 127. The first-order chi connectivity index (χ1) is 11.5. The van der Waals surface area contributed by atoms with Crippen LogP contribution in [-0.2, 0) is 14.8 Å². The van der Waals surface area contributed by atoms with Gasteiger partial charge in [-0.1, -0.05) is 0 Å². The molecule has 0 spiro atoms. The predicted molar refractivity (Wildman–Crippen MR) is 112 cm³/mol. The summed E-state index contributed by atoms with van der Waals surface area (Å²) >= 11 is 0. The quantitative estimate of drug-likeness (QED) is 0.221. The number of nitrogens with zero attached hydrogens (tertiary/aromatic N) is 2. The molecule has 0 atom stereocenters. The third-order valence-corrected chi connectivity index (χ3v) is 5.94. The van der Waals surface area contributed by atoms with Crippen molar-refractivity contribution in [3.05, 3.63) is 0 Å². The van der Waals surface area contributed by atoms with Gasteiger partial charge < -0.3 is 15.4 Å². The van der Waals surface area contributed by atoms with Gasteiger partial charge >= 0.3 is 0 Å². The topological polar surface area (TPSA) is 83.0 Å². The SMILES string of the molecule is CN=C(NCCCOCC1CC1)NCC1CCN(S(C)(=O)=O)CC1.I. The van der Waals surface area contributed by atoms with E-state index < -0.39 is 10.0 Å². The third-order valence-electron chi connectivity index (χ3n) is 4.63. The maximum atomic E-state index is 11.5. The average Bonchev–Trinajstić information content (AvgIpc) is 3.37. The molecule has 0 aromatic carbocycles. The number of nitrogens with one attached hydrogen (secondary N) is 2. The number of hydrogen-bond acceptors (Lipinski definition) is 4. The third kappa shape index (κ3) is 9.39. The Hall–Kier alpha value is -0.130. The van der Waals surface area contributed by atoms with Crippen LogP contribution in [0.15, 0.2) is 4.99 Å². The van der Waals surface area contributed by atoms with Crippen molar-refractivity contribution < 1.29 is 13.2 Å². The monoisotopic (exact) mass is 488 g/mol. The van der Waals surface area contributed by atoms with Gasteiger partial charge in [-0.3, -0.25) is 4.99 Å². The normalized spacial score (nSPS) is 20.2. The fourth-order valence-electron chi connectivity index (χ4n) is 2.82. The molecule has 2 rings (SSSR count). The molecule has 25 heavy (non-hydrogen) atoms. The largest absolute Gasteiger partial charge is 0.381 e. The molecule has 0 aromatic heterocycles. The Kier molecular flexibility index (Phi) is 10.6. The van der Waals surface area contributed by atoms with Crippen LogP contribution in [0.4, 0.5) is 0 Å². The van der Waals surface area contributed by atoms with Crippen molar-refractivity contribution in [1.29, 1.82) is 0 Å². The maximum absolute atomic E-state index is 11.5. The van der Waals surface area contributed by atoms with Gasteiger partial charge in [-0.25, -0.2) is 12.7 Å². The number of piperidine rings is 1. The lowest BCUT2D eigenvalue weighted by molar-refractivity contribution is 0.123. The van der Waals surface area contributed by atoms with Gasteiger partial charge in [0, 0.05) is 46.4 Å². The van der Waals surface area contributed by atoms with E-state index in [9.17, 15) is 8.42 Å². The average molecular weight is 488 g/mol. The van der Waals surface area contributed by atoms with E-state index in [1.807, 2.05) is 0 Å². The summed E-state index contributed by atoms with van der Waals surface area (Å²) in [6, 6.07) is 0. The molecule has 2 N–H and O–H groups in total. The van der Waals surface area contributed by atoms with Crippen LogP contribution in [0.3, 0.4) is 0 Å². The number of guanidine groups is 1. The van der Waals surface area contributed by atoms with Gasteiger partial charge in [-0.05, 0) is 43.9 Å². The minimum absolute atomic E-state index is 0. The zero-order valence-electron chi connectivity index (χ0n) is 15.4.